The summed E-state index contributed by atoms with van der Waals surface area (Å²) < 4.78 is 50.7. The predicted octanol–water partition coefficient (Wildman–Crippen LogP) is 8.26. The number of likely N-dealkylation sites (tertiary alicyclic amines) is 1. The number of carbonyl (C=O) groups is 4. The van der Waals surface area contributed by atoms with Crippen molar-refractivity contribution in [3.05, 3.63) is 113 Å². The van der Waals surface area contributed by atoms with Crippen LogP contribution in [0.1, 0.15) is 112 Å². The van der Waals surface area contributed by atoms with E-state index in [0.717, 1.165) is 76.0 Å². The number of aryl methyl sites for hydroxylation is 4. The fourth-order valence-corrected chi connectivity index (χ4v) is 10.4. The topological polar surface area (TPSA) is 203 Å². The highest BCUT2D eigenvalue weighted by molar-refractivity contribution is 7.13. The number of alkyl halides is 3. The van der Waals surface area contributed by atoms with Gasteiger partial charge in [-0.15, -0.1) is 16.4 Å². The van der Waals surface area contributed by atoms with Gasteiger partial charge in [0.05, 0.1) is 51.6 Å². The van der Waals surface area contributed by atoms with Crippen molar-refractivity contribution >= 4 is 56.9 Å². The van der Waals surface area contributed by atoms with Gasteiger partial charge in [0.25, 0.3) is 5.91 Å². The standard InChI is InChI=1S/C55H66F3N11O6S/c1-34(36-14-16-37(17-15-36)48-35(2)60-33-76-48)61-52(73)46-29-42(70)31-68(46)53(74)49(54(3,4)5)62-47(71)13-9-7-8-12-40-30-67(65-63-40)25-10-11-26-75-27-24-59-51(72)38-18-23-45-43(28-38)44-32-66(6)64-50(44)69(45)41-21-19-39(20-22-41)55(56,57)58/h14-23,28,30,32-34,42,46,49,70H,7-13,24-27,29,31H2,1-6H3,(H,59,72)(H,61,73)(H,62,71)/t34-,42+,46-,49+/m0/s1. The summed E-state index contributed by atoms with van der Waals surface area (Å²) in [4.78, 5) is 61.0. The van der Waals surface area contributed by atoms with Crippen LogP contribution in [-0.4, -0.2) is 112 Å². The minimum absolute atomic E-state index is 0.00145. The van der Waals surface area contributed by atoms with Crippen LogP contribution in [0.5, 0.6) is 0 Å². The van der Waals surface area contributed by atoms with Gasteiger partial charge >= 0.3 is 6.18 Å². The summed E-state index contributed by atoms with van der Waals surface area (Å²) in [6, 6.07) is 15.9. The number of hydrogen-bond donors (Lipinski definition) is 4. The van der Waals surface area contributed by atoms with Crippen molar-refractivity contribution in [3.63, 3.8) is 0 Å². The molecule has 1 aliphatic rings. The fourth-order valence-electron chi connectivity index (χ4n) is 9.59. The number of ether oxygens (including phenoxy) is 1. The highest BCUT2D eigenvalue weighted by Gasteiger charge is 2.44. The molecule has 1 aliphatic heterocycles. The molecule has 1 saturated heterocycles. The summed E-state index contributed by atoms with van der Waals surface area (Å²) in [5.41, 5.74) is 6.41. The molecule has 17 nitrogen and oxygen atoms in total. The Hall–Kier alpha value is -6.97. The number of fused-ring (bicyclic) bond motifs is 3. The fraction of sp³-hybridized carbons (Fsp3) is 0.455. The summed E-state index contributed by atoms with van der Waals surface area (Å²) in [6.07, 6.45) is 3.24. The predicted molar refractivity (Wildman–Crippen MR) is 283 cm³/mol. The number of unbranched alkanes of at least 4 members (excludes halogenated alkanes) is 3. The maximum atomic E-state index is 14.1. The summed E-state index contributed by atoms with van der Waals surface area (Å²) in [5, 5.41) is 34.2. The Kier molecular flexibility index (Phi) is 17.4. The van der Waals surface area contributed by atoms with Gasteiger partial charge in [-0.05, 0) is 105 Å². The summed E-state index contributed by atoms with van der Waals surface area (Å²) in [6.45, 7) is 11.3. The Morgan fingerprint density at radius 3 is 2.38 bits per heavy atom. The third kappa shape index (κ3) is 13.3. The van der Waals surface area contributed by atoms with Crippen LogP contribution in [0.15, 0.2) is 84.6 Å². The molecule has 7 aromatic rings. The molecule has 0 saturated carbocycles. The van der Waals surface area contributed by atoms with E-state index < -0.39 is 41.2 Å². The number of thiazole rings is 1. The lowest BCUT2D eigenvalue weighted by molar-refractivity contribution is -0.144. The second-order valence-corrected chi connectivity index (χ2v) is 21.5. The Bertz CT molecular complexity index is 3140. The monoisotopic (exact) mass is 1070 g/mol. The van der Waals surface area contributed by atoms with E-state index in [4.69, 9.17) is 4.74 Å². The first kappa shape index (κ1) is 55.3. The quantitative estimate of drug-likeness (QED) is 0.0479. The molecule has 21 heteroatoms. The van der Waals surface area contributed by atoms with Crippen LogP contribution in [-0.2, 0) is 45.3 Å². The number of aliphatic hydroxyl groups excluding tert-OH is 1. The molecule has 0 aliphatic carbocycles. The number of benzene rings is 3. The van der Waals surface area contributed by atoms with E-state index in [0.29, 0.717) is 61.6 Å². The van der Waals surface area contributed by atoms with Gasteiger partial charge in [0.1, 0.15) is 12.1 Å². The number of amides is 4. The van der Waals surface area contributed by atoms with E-state index in [1.54, 1.807) is 50.5 Å². The largest absolute Gasteiger partial charge is 0.416 e. The summed E-state index contributed by atoms with van der Waals surface area (Å²) in [7, 11) is 1.76. The third-order valence-electron chi connectivity index (χ3n) is 13.7. The number of halogens is 3. The van der Waals surface area contributed by atoms with Crippen molar-refractivity contribution in [2.45, 2.75) is 123 Å². The molecule has 0 spiro atoms. The Balaban J connectivity index is 0.707. The number of β-amino-alcohol motifs (C(OH)–C–C–N with tert-alkyl or cyclic N) is 1. The van der Waals surface area contributed by atoms with Gasteiger partial charge in [-0.1, -0.05) is 56.7 Å². The Morgan fingerprint density at radius 1 is 0.908 bits per heavy atom. The molecule has 4 atom stereocenters. The van der Waals surface area contributed by atoms with Crippen LogP contribution in [0.4, 0.5) is 13.2 Å². The van der Waals surface area contributed by atoms with Crippen LogP contribution < -0.4 is 16.0 Å². The molecule has 8 rings (SSSR count). The van der Waals surface area contributed by atoms with E-state index in [-0.39, 0.29) is 43.1 Å². The molecule has 3 aromatic carbocycles. The van der Waals surface area contributed by atoms with Gasteiger partial charge in [0, 0.05) is 80.5 Å². The van der Waals surface area contributed by atoms with Gasteiger partial charge in [-0.25, -0.2) is 4.98 Å². The van der Waals surface area contributed by atoms with Crippen molar-refractivity contribution in [1.29, 1.82) is 0 Å². The summed E-state index contributed by atoms with van der Waals surface area (Å²) in [5.74, 6) is -1.29. The lowest BCUT2D eigenvalue weighted by Gasteiger charge is -2.35. The molecular weight excluding hydrogens is 1000 g/mol. The molecular formula is C55H66F3N11O6S. The van der Waals surface area contributed by atoms with E-state index in [2.05, 4.69) is 36.3 Å². The number of aromatic nitrogens is 7. The number of carbonyl (C=O) groups excluding carboxylic acids is 4. The van der Waals surface area contributed by atoms with E-state index >= 15 is 0 Å². The highest BCUT2D eigenvalue weighted by atomic mass is 32.1. The molecule has 4 N–H and O–H groups in total. The average Bonchev–Trinajstić information content (AvgIpc) is 4.24. The number of nitrogens with one attached hydrogen (secondary N) is 3. The average molecular weight is 1070 g/mol. The first-order valence-corrected chi connectivity index (χ1v) is 26.6. The zero-order valence-electron chi connectivity index (χ0n) is 43.7. The molecule has 76 heavy (non-hydrogen) atoms. The Morgan fingerprint density at radius 2 is 1.67 bits per heavy atom. The molecule has 4 aromatic heterocycles. The van der Waals surface area contributed by atoms with Gasteiger partial charge in [0.15, 0.2) is 5.65 Å². The molecule has 404 valence electrons. The zero-order chi connectivity index (χ0) is 54.3. The summed E-state index contributed by atoms with van der Waals surface area (Å²) >= 11 is 1.57. The zero-order valence-corrected chi connectivity index (χ0v) is 44.5. The van der Waals surface area contributed by atoms with Crippen LogP contribution in [0.25, 0.3) is 38.1 Å². The first-order chi connectivity index (χ1) is 36.2. The van der Waals surface area contributed by atoms with Crippen molar-refractivity contribution in [1.82, 2.24) is 55.2 Å². The Labute approximate surface area is 443 Å². The highest BCUT2D eigenvalue weighted by Crippen LogP contribution is 2.35. The minimum atomic E-state index is -4.45. The number of aliphatic hydroxyl groups is 1. The molecule has 0 radical (unpaired) electrons. The molecule has 1 fully saturated rings. The van der Waals surface area contributed by atoms with E-state index in [1.165, 1.54) is 17.0 Å². The van der Waals surface area contributed by atoms with Gasteiger partial charge in [-0.2, -0.15) is 18.3 Å². The normalized spacial score (nSPS) is 15.8. The van der Waals surface area contributed by atoms with Crippen molar-refractivity contribution in [2.75, 3.05) is 26.3 Å². The minimum Gasteiger partial charge on any atom is -0.391 e. The lowest BCUT2D eigenvalue weighted by atomic mass is 9.85. The van der Waals surface area contributed by atoms with E-state index in [1.807, 2.05) is 76.8 Å². The van der Waals surface area contributed by atoms with Gasteiger partial charge < -0.3 is 30.7 Å². The van der Waals surface area contributed by atoms with Crippen molar-refractivity contribution in [3.8, 4) is 16.1 Å². The van der Waals surface area contributed by atoms with Crippen LogP contribution in [0, 0.1) is 12.3 Å². The smallest absolute Gasteiger partial charge is 0.391 e. The molecule has 0 bridgehead atoms. The van der Waals surface area contributed by atoms with Gasteiger partial charge in [0.2, 0.25) is 17.7 Å². The number of rotatable bonds is 22. The number of nitrogens with zero attached hydrogens (tertiary/aromatic N) is 8. The van der Waals surface area contributed by atoms with Gasteiger partial charge in [-0.3, -0.25) is 33.1 Å². The molecule has 5 heterocycles. The first-order valence-electron chi connectivity index (χ1n) is 25.7. The number of hydrogen-bond acceptors (Lipinski definition) is 11. The lowest BCUT2D eigenvalue weighted by Crippen LogP contribution is -2.57. The van der Waals surface area contributed by atoms with E-state index in [9.17, 15) is 37.5 Å². The maximum absolute atomic E-state index is 14.1. The second-order valence-electron chi connectivity index (χ2n) is 20.6. The van der Waals surface area contributed by atoms with Crippen LogP contribution in [0.2, 0.25) is 0 Å². The maximum Gasteiger partial charge on any atom is 0.416 e. The third-order valence-corrected chi connectivity index (χ3v) is 14.7. The van der Waals surface area contributed by atoms with Crippen molar-refractivity contribution in [2.24, 2.45) is 12.5 Å². The second kappa shape index (κ2) is 23.9. The molecule has 4 amide bonds. The SMILES string of the molecule is Cc1ncsc1-c1ccc([C@H](C)NC(=O)[C@@H]2C[C@@H](O)CN2C(=O)[C@@H](NC(=O)CCCCCc2cn(CCCCOCCNC(=O)c3ccc4c(c3)c3cn(C)nc3n4-c3ccc(C(F)(F)F)cc3)nn2)C(C)(C)C)cc1. The van der Waals surface area contributed by atoms with Crippen molar-refractivity contribution < 1.29 is 42.2 Å². The van der Waals surface area contributed by atoms with Crippen LogP contribution >= 0.6 is 11.3 Å². The van der Waals surface area contributed by atoms with Crippen LogP contribution in [0.3, 0.4) is 0 Å². The molecule has 0 unspecified atom stereocenters.